The van der Waals surface area contributed by atoms with Crippen LogP contribution in [0.15, 0.2) is 11.4 Å². The van der Waals surface area contributed by atoms with Crippen molar-refractivity contribution in [1.82, 2.24) is 19.5 Å². The van der Waals surface area contributed by atoms with Crippen LogP contribution in [0, 0.1) is 0 Å². The van der Waals surface area contributed by atoms with Gasteiger partial charge < -0.3 is 20.7 Å². The number of nitrogens with zero attached hydrogens (tertiary/aromatic N) is 7. The fourth-order valence-corrected chi connectivity index (χ4v) is 1.50. The van der Waals surface area contributed by atoms with Gasteiger partial charge in [-0.15, -0.1) is 0 Å². The molecular weight excluding hydrogens is 268 g/mol. The van der Waals surface area contributed by atoms with E-state index in [1.807, 2.05) is 0 Å². The van der Waals surface area contributed by atoms with Crippen LogP contribution in [0.5, 0.6) is 0 Å². The van der Waals surface area contributed by atoms with Crippen molar-refractivity contribution in [3.63, 3.8) is 0 Å². The number of fused-ring (bicyclic) bond motifs is 1. The van der Waals surface area contributed by atoms with Gasteiger partial charge in [-0.2, -0.15) is 4.98 Å². The van der Waals surface area contributed by atoms with E-state index >= 15 is 0 Å². The molecule has 0 saturated carbocycles. The van der Waals surface area contributed by atoms with Crippen LogP contribution in [0.1, 0.15) is 0 Å². The van der Waals surface area contributed by atoms with E-state index in [1.54, 1.807) is 0 Å². The molecule has 0 saturated heterocycles. The number of nitrogen functional groups attached to an aromatic ring is 1. The van der Waals surface area contributed by atoms with Crippen molar-refractivity contribution in [3.05, 3.63) is 16.8 Å². The minimum Gasteiger partial charge on any atom is -0.394 e. The van der Waals surface area contributed by atoms with Gasteiger partial charge in [0.25, 0.3) is 0 Å². The number of aliphatic hydroxyl groups is 2. The number of nitrogens with two attached hydrogens (primary N) is 1. The maximum absolute atomic E-state index is 8.92. The largest absolute Gasteiger partial charge is 0.394 e. The Kier molecular flexibility index (Phi) is 4.27. The number of imidazole rings is 1. The van der Waals surface area contributed by atoms with E-state index in [0.717, 1.165) is 0 Å². The minimum absolute atomic E-state index is 0.00551. The Balaban J connectivity index is 2.34. The summed E-state index contributed by atoms with van der Waals surface area (Å²) >= 11 is 0. The van der Waals surface area contributed by atoms with E-state index in [-0.39, 0.29) is 37.2 Å². The van der Waals surface area contributed by atoms with Gasteiger partial charge in [0.15, 0.2) is 11.5 Å². The molecule has 0 spiro atoms. The molecular formula is C9H12N8O3. The summed E-state index contributed by atoms with van der Waals surface area (Å²) in [5.41, 5.74) is 14.6. The summed E-state index contributed by atoms with van der Waals surface area (Å²) < 4.78 is 6.74. The molecule has 106 valence electrons. The van der Waals surface area contributed by atoms with Crippen molar-refractivity contribution in [2.45, 2.75) is 12.8 Å². The molecule has 11 nitrogen and oxygen atoms in total. The second-order valence-corrected chi connectivity index (χ2v) is 3.76. The molecule has 0 aromatic carbocycles. The van der Waals surface area contributed by atoms with Gasteiger partial charge in [0.05, 0.1) is 19.5 Å². The van der Waals surface area contributed by atoms with Gasteiger partial charge >= 0.3 is 0 Å². The highest BCUT2D eigenvalue weighted by atomic mass is 16.5. The maximum atomic E-state index is 8.92. The van der Waals surface area contributed by atoms with E-state index in [0.29, 0.717) is 5.65 Å². The third-order valence-corrected chi connectivity index (χ3v) is 2.46. The molecule has 0 unspecified atom stereocenters. The summed E-state index contributed by atoms with van der Waals surface area (Å²) in [5.74, 6) is -0.0443. The monoisotopic (exact) mass is 280 g/mol. The minimum atomic E-state index is -0.705. The highest BCUT2D eigenvalue weighted by Crippen LogP contribution is 2.22. The van der Waals surface area contributed by atoms with Crippen LogP contribution >= 0.6 is 0 Å². The molecule has 2 rings (SSSR count). The fraction of sp³-hybridized carbons (Fsp3) is 0.444. The number of anilines is 1. The van der Waals surface area contributed by atoms with Gasteiger partial charge in [-0.25, -0.2) is 9.97 Å². The van der Waals surface area contributed by atoms with Crippen LogP contribution < -0.4 is 5.73 Å². The van der Waals surface area contributed by atoms with Gasteiger partial charge in [-0.3, -0.25) is 4.57 Å². The molecule has 0 aliphatic rings. The van der Waals surface area contributed by atoms with Crippen molar-refractivity contribution in [3.8, 4) is 0 Å². The Morgan fingerprint density at radius 1 is 1.45 bits per heavy atom. The predicted molar refractivity (Wildman–Crippen MR) is 67.6 cm³/mol. The normalized spacial score (nSPS) is 10.9. The standard InChI is InChI=1S/C9H12N8O3/c10-9-13-7(15-16-11)6-8(14-9)17(3-12-6)4-20-5(1-18)2-19/h3,5,18-19H,1-2,4H2,(H2,10,13,14). The lowest BCUT2D eigenvalue weighted by Gasteiger charge is -2.12. The molecule has 0 atom stereocenters. The average molecular weight is 280 g/mol. The van der Waals surface area contributed by atoms with E-state index in [9.17, 15) is 0 Å². The van der Waals surface area contributed by atoms with Crippen LogP contribution in [-0.4, -0.2) is 49.0 Å². The molecule has 2 aromatic rings. The first-order valence-corrected chi connectivity index (χ1v) is 5.56. The van der Waals surface area contributed by atoms with Gasteiger partial charge in [0, 0.05) is 4.91 Å². The smallest absolute Gasteiger partial charge is 0.222 e. The quantitative estimate of drug-likeness (QED) is 0.370. The summed E-state index contributed by atoms with van der Waals surface area (Å²) in [7, 11) is 0. The van der Waals surface area contributed by atoms with Gasteiger partial charge in [-0.1, -0.05) is 0 Å². The topological polar surface area (TPSA) is 168 Å². The summed E-state index contributed by atoms with van der Waals surface area (Å²) in [6, 6.07) is 0. The van der Waals surface area contributed by atoms with Gasteiger partial charge in [0.1, 0.15) is 18.4 Å². The second kappa shape index (κ2) is 6.12. The Labute approximate surface area is 112 Å². The first-order chi connectivity index (χ1) is 9.69. The summed E-state index contributed by atoms with van der Waals surface area (Å²) in [6.07, 6.45) is 0.698. The molecule has 0 bridgehead atoms. The lowest BCUT2D eigenvalue weighted by atomic mass is 10.4. The molecule has 0 radical (unpaired) electrons. The van der Waals surface area contributed by atoms with E-state index in [4.69, 9.17) is 26.2 Å². The number of hydrogen-bond acceptors (Lipinski definition) is 8. The zero-order chi connectivity index (χ0) is 14.5. The second-order valence-electron chi connectivity index (χ2n) is 3.76. The van der Waals surface area contributed by atoms with Crippen molar-refractivity contribution < 1.29 is 14.9 Å². The molecule has 0 amide bonds. The highest BCUT2D eigenvalue weighted by Gasteiger charge is 2.13. The Bertz CT molecular complexity index is 646. The maximum Gasteiger partial charge on any atom is 0.222 e. The lowest BCUT2D eigenvalue weighted by Crippen LogP contribution is -2.23. The predicted octanol–water partition coefficient (Wildman–Crippen LogP) is -0.322. The Morgan fingerprint density at radius 3 is 2.85 bits per heavy atom. The SMILES string of the molecule is [N-]=[N+]=Nc1nc(N)nc2c1ncn2COC(CO)CO. The first kappa shape index (κ1) is 14.0. The molecule has 4 N–H and O–H groups in total. The molecule has 2 heterocycles. The van der Waals surface area contributed by atoms with Crippen LogP contribution in [0.4, 0.5) is 11.8 Å². The summed E-state index contributed by atoms with van der Waals surface area (Å²) in [4.78, 5) is 14.4. The van der Waals surface area contributed by atoms with Crippen LogP contribution in [-0.2, 0) is 11.5 Å². The molecule has 11 heteroatoms. The molecule has 0 aliphatic carbocycles. The van der Waals surface area contributed by atoms with E-state index in [1.165, 1.54) is 10.9 Å². The van der Waals surface area contributed by atoms with Crippen molar-refractivity contribution in [1.29, 1.82) is 0 Å². The number of azide groups is 1. The molecule has 0 aliphatic heterocycles. The lowest BCUT2D eigenvalue weighted by molar-refractivity contribution is -0.0488. The third kappa shape index (κ3) is 2.75. The Hall–Kier alpha value is -2.46. The third-order valence-electron chi connectivity index (χ3n) is 2.46. The first-order valence-electron chi connectivity index (χ1n) is 5.56. The number of ether oxygens (including phenoxy) is 1. The van der Waals surface area contributed by atoms with Crippen LogP contribution in [0.3, 0.4) is 0 Å². The summed E-state index contributed by atoms with van der Waals surface area (Å²) in [6.45, 7) is -0.636. The average Bonchev–Trinajstić information content (AvgIpc) is 2.83. The highest BCUT2D eigenvalue weighted by molar-refractivity contribution is 5.82. The van der Waals surface area contributed by atoms with E-state index in [2.05, 4.69) is 25.0 Å². The van der Waals surface area contributed by atoms with E-state index < -0.39 is 6.10 Å². The zero-order valence-electron chi connectivity index (χ0n) is 10.3. The summed E-state index contributed by atoms with van der Waals surface area (Å²) in [5, 5.41) is 21.2. The van der Waals surface area contributed by atoms with Crippen molar-refractivity contribution in [2.75, 3.05) is 18.9 Å². The molecule has 0 fully saturated rings. The molecule has 2 aromatic heterocycles. The molecule has 20 heavy (non-hydrogen) atoms. The number of aliphatic hydroxyl groups excluding tert-OH is 2. The van der Waals surface area contributed by atoms with Crippen LogP contribution in [0.2, 0.25) is 0 Å². The number of rotatable bonds is 6. The number of aromatic nitrogens is 4. The van der Waals surface area contributed by atoms with Gasteiger partial charge in [-0.05, 0) is 10.6 Å². The van der Waals surface area contributed by atoms with Crippen molar-refractivity contribution in [2.24, 2.45) is 5.11 Å². The zero-order valence-corrected chi connectivity index (χ0v) is 10.3. The van der Waals surface area contributed by atoms with Gasteiger partial charge in [0.2, 0.25) is 5.95 Å². The Morgan fingerprint density at radius 2 is 2.20 bits per heavy atom. The van der Waals surface area contributed by atoms with Crippen LogP contribution in [0.25, 0.3) is 21.6 Å². The number of hydrogen-bond donors (Lipinski definition) is 3. The van der Waals surface area contributed by atoms with Crippen molar-refractivity contribution >= 4 is 22.9 Å². The fourth-order valence-electron chi connectivity index (χ4n) is 1.50.